The molecule has 0 radical (unpaired) electrons. The SMILES string of the molecule is Fc1ccc(-c2ccc3ccc4oc(-c5ccccc5)cc4c3c2)cc1. The van der Waals surface area contributed by atoms with Crippen molar-refractivity contribution in [3.63, 3.8) is 0 Å². The van der Waals surface area contributed by atoms with Gasteiger partial charge in [0.1, 0.15) is 17.2 Å². The molecule has 0 atom stereocenters. The molecule has 2 heteroatoms. The number of benzene rings is 4. The number of hydrogen-bond donors (Lipinski definition) is 0. The Kier molecular flexibility index (Phi) is 3.36. The summed E-state index contributed by atoms with van der Waals surface area (Å²) in [6.45, 7) is 0. The molecule has 4 aromatic carbocycles. The molecule has 0 amide bonds. The molecule has 0 saturated heterocycles. The molecule has 0 spiro atoms. The van der Waals surface area contributed by atoms with E-state index in [1.165, 1.54) is 12.1 Å². The quantitative estimate of drug-likeness (QED) is 0.336. The van der Waals surface area contributed by atoms with E-state index < -0.39 is 0 Å². The van der Waals surface area contributed by atoms with Gasteiger partial charge in [-0.3, -0.25) is 0 Å². The van der Waals surface area contributed by atoms with Gasteiger partial charge in [-0.05, 0) is 52.2 Å². The van der Waals surface area contributed by atoms with Crippen molar-refractivity contribution in [1.82, 2.24) is 0 Å². The zero-order chi connectivity index (χ0) is 17.5. The van der Waals surface area contributed by atoms with Gasteiger partial charge in [0.15, 0.2) is 0 Å². The first kappa shape index (κ1) is 14.9. The summed E-state index contributed by atoms with van der Waals surface area (Å²) in [4.78, 5) is 0. The van der Waals surface area contributed by atoms with Crippen molar-refractivity contribution in [3.8, 4) is 22.5 Å². The van der Waals surface area contributed by atoms with Gasteiger partial charge in [0.25, 0.3) is 0 Å². The number of fused-ring (bicyclic) bond motifs is 3. The zero-order valence-electron chi connectivity index (χ0n) is 13.9. The lowest BCUT2D eigenvalue weighted by Crippen LogP contribution is -1.81. The highest BCUT2D eigenvalue weighted by atomic mass is 19.1. The molecule has 0 unspecified atom stereocenters. The van der Waals surface area contributed by atoms with E-state index in [1.807, 2.05) is 36.4 Å². The summed E-state index contributed by atoms with van der Waals surface area (Å²) in [5.74, 6) is 0.638. The third-order valence-electron chi connectivity index (χ3n) is 4.75. The molecule has 0 N–H and O–H groups in total. The Hall–Kier alpha value is -3.39. The molecule has 5 rings (SSSR count). The topological polar surface area (TPSA) is 13.1 Å². The van der Waals surface area contributed by atoms with Gasteiger partial charge in [0.2, 0.25) is 0 Å². The maximum atomic E-state index is 13.2. The first-order valence-electron chi connectivity index (χ1n) is 8.56. The molecule has 26 heavy (non-hydrogen) atoms. The van der Waals surface area contributed by atoms with E-state index in [4.69, 9.17) is 4.42 Å². The molecule has 0 aliphatic heterocycles. The van der Waals surface area contributed by atoms with Crippen molar-refractivity contribution in [3.05, 3.63) is 96.8 Å². The summed E-state index contributed by atoms with van der Waals surface area (Å²) in [5, 5.41) is 3.38. The van der Waals surface area contributed by atoms with Gasteiger partial charge in [-0.2, -0.15) is 0 Å². The van der Waals surface area contributed by atoms with Gasteiger partial charge in [-0.1, -0.05) is 60.7 Å². The van der Waals surface area contributed by atoms with Crippen molar-refractivity contribution in [1.29, 1.82) is 0 Å². The Morgan fingerprint density at radius 1 is 0.577 bits per heavy atom. The fourth-order valence-electron chi connectivity index (χ4n) is 3.41. The van der Waals surface area contributed by atoms with Crippen LogP contribution in [-0.2, 0) is 0 Å². The standard InChI is InChI=1S/C24H15FO/c25-20-11-8-16(9-12-20)19-7-6-17-10-13-23-22(21(17)14-19)15-24(26-23)18-4-2-1-3-5-18/h1-15H. The summed E-state index contributed by atoms with van der Waals surface area (Å²) in [6.07, 6.45) is 0. The molecule has 0 bridgehead atoms. The minimum Gasteiger partial charge on any atom is -0.456 e. The first-order valence-corrected chi connectivity index (χ1v) is 8.56. The lowest BCUT2D eigenvalue weighted by atomic mass is 9.99. The molecule has 1 nitrogen and oxygen atoms in total. The Morgan fingerprint density at radius 2 is 1.31 bits per heavy atom. The highest BCUT2D eigenvalue weighted by molar-refractivity contribution is 6.08. The second kappa shape index (κ2) is 5.85. The Bertz CT molecular complexity index is 1220. The van der Waals surface area contributed by atoms with Crippen LogP contribution < -0.4 is 0 Å². The summed E-state index contributed by atoms with van der Waals surface area (Å²) in [5.41, 5.74) is 3.99. The second-order valence-electron chi connectivity index (χ2n) is 6.40. The molecule has 0 aliphatic carbocycles. The molecule has 5 aromatic rings. The van der Waals surface area contributed by atoms with Crippen LogP contribution in [-0.4, -0.2) is 0 Å². The van der Waals surface area contributed by atoms with Crippen molar-refractivity contribution in [2.24, 2.45) is 0 Å². The highest BCUT2D eigenvalue weighted by Gasteiger charge is 2.10. The Labute approximate surface area is 150 Å². The maximum Gasteiger partial charge on any atom is 0.135 e. The van der Waals surface area contributed by atoms with Gasteiger partial charge in [0, 0.05) is 10.9 Å². The highest BCUT2D eigenvalue weighted by Crippen LogP contribution is 2.34. The third-order valence-corrected chi connectivity index (χ3v) is 4.75. The van der Waals surface area contributed by atoms with Gasteiger partial charge in [0.05, 0.1) is 0 Å². The van der Waals surface area contributed by atoms with E-state index >= 15 is 0 Å². The lowest BCUT2D eigenvalue weighted by molar-refractivity contribution is 0.628. The van der Waals surface area contributed by atoms with Gasteiger partial charge >= 0.3 is 0 Å². The Balaban J connectivity index is 1.72. The average Bonchev–Trinajstić information content (AvgIpc) is 3.14. The van der Waals surface area contributed by atoms with Crippen LogP contribution in [0.15, 0.2) is 95.4 Å². The maximum absolute atomic E-state index is 13.2. The van der Waals surface area contributed by atoms with Crippen LogP contribution in [0.5, 0.6) is 0 Å². The predicted octanol–water partition coefficient (Wildman–Crippen LogP) is 7.06. The number of hydrogen-bond acceptors (Lipinski definition) is 1. The molecule has 0 aliphatic rings. The van der Waals surface area contributed by atoms with E-state index in [0.29, 0.717) is 0 Å². The minimum atomic E-state index is -0.223. The van der Waals surface area contributed by atoms with Crippen molar-refractivity contribution >= 4 is 21.7 Å². The molecular formula is C24H15FO. The first-order chi connectivity index (χ1) is 12.8. The molecule has 124 valence electrons. The van der Waals surface area contributed by atoms with Gasteiger partial charge in [-0.25, -0.2) is 4.39 Å². The van der Waals surface area contributed by atoms with Crippen LogP contribution in [0.2, 0.25) is 0 Å². The fourth-order valence-corrected chi connectivity index (χ4v) is 3.41. The van der Waals surface area contributed by atoms with Crippen LogP contribution in [0.3, 0.4) is 0 Å². The third kappa shape index (κ3) is 2.47. The van der Waals surface area contributed by atoms with E-state index in [0.717, 1.165) is 44.2 Å². The summed E-state index contributed by atoms with van der Waals surface area (Å²) in [7, 11) is 0. The smallest absolute Gasteiger partial charge is 0.135 e. The van der Waals surface area contributed by atoms with Crippen LogP contribution in [0.25, 0.3) is 44.2 Å². The largest absolute Gasteiger partial charge is 0.456 e. The number of halogens is 1. The van der Waals surface area contributed by atoms with E-state index in [9.17, 15) is 4.39 Å². The van der Waals surface area contributed by atoms with E-state index in [-0.39, 0.29) is 5.82 Å². The fraction of sp³-hybridized carbons (Fsp3) is 0. The monoisotopic (exact) mass is 338 g/mol. The number of furan rings is 1. The summed E-state index contributed by atoms with van der Waals surface area (Å²) < 4.78 is 19.3. The van der Waals surface area contributed by atoms with Gasteiger partial charge in [-0.15, -0.1) is 0 Å². The van der Waals surface area contributed by atoms with Crippen molar-refractivity contribution in [2.45, 2.75) is 0 Å². The summed E-state index contributed by atoms with van der Waals surface area (Å²) in [6, 6.07) is 29.2. The van der Waals surface area contributed by atoms with E-state index in [2.05, 4.69) is 30.3 Å². The lowest BCUT2D eigenvalue weighted by Gasteiger charge is -2.05. The number of rotatable bonds is 2. The Morgan fingerprint density at radius 3 is 2.12 bits per heavy atom. The minimum absolute atomic E-state index is 0.223. The van der Waals surface area contributed by atoms with Crippen LogP contribution in [0.1, 0.15) is 0 Å². The van der Waals surface area contributed by atoms with Gasteiger partial charge < -0.3 is 4.42 Å². The van der Waals surface area contributed by atoms with Crippen LogP contribution in [0, 0.1) is 5.82 Å². The van der Waals surface area contributed by atoms with E-state index in [1.54, 1.807) is 12.1 Å². The molecule has 1 heterocycles. The average molecular weight is 338 g/mol. The predicted molar refractivity (Wildman–Crippen MR) is 105 cm³/mol. The molecule has 0 fully saturated rings. The van der Waals surface area contributed by atoms with Crippen LogP contribution in [0.4, 0.5) is 4.39 Å². The van der Waals surface area contributed by atoms with Crippen molar-refractivity contribution < 1.29 is 8.81 Å². The molecule has 1 aromatic heterocycles. The summed E-state index contributed by atoms with van der Waals surface area (Å²) >= 11 is 0. The van der Waals surface area contributed by atoms with Crippen LogP contribution >= 0.6 is 0 Å². The molecular weight excluding hydrogens is 323 g/mol. The normalized spacial score (nSPS) is 11.3. The molecule has 0 saturated carbocycles. The van der Waals surface area contributed by atoms with Crippen molar-refractivity contribution in [2.75, 3.05) is 0 Å². The zero-order valence-corrected chi connectivity index (χ0v) is 13.9. The second-order valence-corrected chi connectivity index (χ2v) is 6.40.